The number of nitrogen functional groups attached to an aromatic ring is 1. The Labute approximate surface area is 112 Å². The molecule has 100 valence electrons. The minimum absolute atomic E-state index is 0.134. The van der Waals surface area contributed by atoms with Crippen molar-refractivity contribution in [1.29, 1.82) is 0 Å². The molecule has 0 spiro atoms. The third-order valence-corrected chi connectivity index (χ3v) is 4.53. The van der Waals surface area contributed by atoms with Crippen molar-refractivity contribution in [3.8, 4) is 5.75 Å². The Bertz CT molecular complexity index is 681. The van der Waals surface area contributed by atoms with E-state index in [-0.39, 0.29) is 16.3 Å². The third kappa shape index (κ3) is 2.88. The van der Waals surface area contributed by atoms with Crippen molar-refractivity contribution in [2.45, 2.75) is 10.6 Å². The van der Waals surface area contributed by atoms with Crippen molar-refractivity contribution in [2.75, 3.05) is 12.8 Å². The molecule has 2 aromatic carbocycles. The van der Waals surface area contributed by atoms with Gasteiger partial charge in [-0.2, -0.15) is 0 Å². The van der Waals surface area contributed by atoms with Gasteiger partial charge in [0.1, 0.15) is 5.75 Å². The van der Waals surface area contributed by atoms with Gasteiger partial charge in [0.25, 0.3) is 0 Å². The zero-order valence-electron chi connectivity index (χ0n) is 10.5. The molecule has 5 heteroatoms. The van der Waals surface area contributed by atoms with E-state index < -0.39 is 9.84 Å². The predicted molar refractivity (Wildman–Crippen MR) is 74.7 cm³/mol. The molecule has 0 heterocycles. The molecule has 0 radical (unpaired) electrons. The van der Waals surface area contributed by atoms with Crippen molar-refractivity contribution >= 4 is 15.5 Å². The van der Waals surface area contributed by atoms with E-state index in [1.54, 1.807) is 42.5 Å². The van der Waals surface area contributed by atoms with Gasteiger partial charge in [-0.1, -0.05) is 30.3 Å². The van der Waals surface area contributed by atoms with Gasteiger partial charge >= 0.3 is 0 Å². The predicted octanol–water partition coefficient (Wildman–Crippen LogP) is 2.25. The molecular formula is C14H15NO3S. The Morgan fingerprint density at radius 2 is 1.68 bits per heavy atom. The average Bonchev–Trinajstić information content (AvgIpc) is 2.39. The first-order valence-electron chi connectivity index (χ1n) is 5.74. The molecule has 0 atom stereocenters. The molecule has 2 N–H and O–H groups in total. The van der Waals surface area contributed by atoms with Crippen LogP contribution in [0.2, 0.25) is 0 Å². The second kappa shape index (κ2) is 5.32. The summed E-state index contributed by atoms with van der Waals surface area (Å²) < 4.78 is 29.9. The number of para-hydroxylation sites is 2. The van der Waals surface area contributed by atoms with Crippen LogP contribution >= 0.6 is 0 Å². The summed E-state index contributed by atoms with van der Waals surface area (Å²) in [5.74, 6) is 0.422. The van der Waals surface area contributed by atoms with Gasteiger partial charge in [-0.3, -0.25) is 0 Å². The lowest BCUT2D eigenvalue weighted by Gasteiger charge is -2.10. The fourth-order valence-corrected chi connectivity index (χ4v) is 3.38. The molecule has 0 unspecified atom stereocenters. The average molecular weight is 277 g/mol. The SMILES string of the molecule is COc1ccccc1CS(=O)(=O)c1ccccc1N. The normalized spacial score (nSPS) is 11.2. The molecule has 0 amide bonds. The van der Waals surface area contributed by atoms with Gasteiger partial charge in [0.15, 0.2) is 9.84 Å². The maximum Gasteiger partial charge on any atom is 0.184 e. The van der Waals surface area contributed by atoms with Crippen molar-refractivity contribution in [3.05, 3.63) is 54.1 Å². The molecule has 0 aromatic heterocycles. The highest BCUT2D eigenvalue weighted by molar-refractivity contribution is 7.90. The van der Waals surface area contributed by atoms with Gasteiger partial charge in [0.2, 0.25) is 0 Å². The quantitative estimate of drug-likeness (QED) is 0.870. The van der Waals surface area contributed by atoms with Gasteiger partial charge in [-0.15, -0.1) is 0 Å². The van der Waals surface area contributed by atoms with E-state index in [0.29, 0.717) is 11.3 Å². The molecule has 4 nitrogen and oxygen atoms in total. The molecule has 2 rings (SSSR count). The minimum atomic E-state index is -3.48. The first-order chi connectivity index (χ1) is 9.04. The van der Waals surface area contributed by atoms with Crippen LogP contribution in [0.5, 0.6) is 5.75 Å². The lowest BCUT2D eigenvalue weighted by Crippen LogP contribution is -2.08. The number of rotatable bonds is 4. The fraction of sp³-hybridized carbons (Fsp3) is 0.143. The molecule has 19 heavy (non-hydrogen) atoms. The Kier molecular flexibility index (Phi) is 3.76. The van der Waals surface area contributed by atoms with Crippen molar-refractivity contribution in [1.82, 2.24) is 0 Å². The summed E-state index contributed by atoms with van der Waals surface area (Å²) in [5.41, 5.74) is 6.60. The fourth-order valence-electron chi connectivity index (χ4n) is 1.87. The van der Waals surface area contributed by atoms with E-state index in [1.165, 1.54) is 13.2 Å². The molecule has 0 aliphatic carbocycles. The maximum atomic E-state index is 12.4. The Morgan fingerprint density at radius 3 is 2.37 bits per heavy atom. The largest absolute Gasteiger partial charge is 0.496 e. The van der Waals surface area contributed by atoms with E-state index in [4.69, 9.17) is 10.5 Å². The topological polar surface area (TPSA) is 69.4 Å². The van der Waals surface area contributed by atoms with Crippen LogP contribution in [0.25, 0.3) is 0 Å². The van der Waals surface area contributed by atoms with Gasteiger partial charge in [-0.25, -0.2) is 8.42 Å². The van der Waals surface area contributed by atoms with Gasteiger partial charge in [0.05, 0.1) is 23.4 Å². The lowest BCUT2D eigenvalue weighted by atomic mass is 10.2. The van der Waals surface area contributed by atoms with Crippen LogP contribution < -0.4 is 10.5 Å². The summed E-state index contributed by atoms with van der Waals surface area (Å²) in [6.07, 6.45) is 0. The highest BCUT2D eigenvalue weighted by atomic mass is 32.2. The van der Waals surface area contributed by atoms with E-state index in [2.05, 4.69) is 0 Å². The van der Waals surface area contributed by atoms with Crippen LogP contribution in [-0.2, 0) is 15.6 Å². The summed E-state index contributed by atoms with van der Waals surface area (Å²) >= 11 is 0. The van der Waals surface area contributed by atoms with Crippen LogP contribution in [0.15, 0.2) is 53.4 Å². The van der Waals surface area contributed by atoms with E-state index >= 15 is 0 Å². The molecule has 0 saturated heterocycles. The van der Waals surface area contributed by atoms with Crippen molar-refractivity contribution < 1.29 is 13.2 Å². The molecule has 2 aromatic rings. The molecule has 0 saturated carbocycles. The standard InChI is InChI=1S/C14H15NO3S/c1-18-13-8-4-2-6-11(13)10-19(16,17)14-9-5-3-7-12(14)15/h2-9H,10,15H2,1H3. The number of ether oxygens (including phenoxy) is 1. The lowest BCUT2D eigenvalue weighted by molar-refractivity contribution is 0.411. The summed E-state index contributed by atoms with van der Waals surface area (Å²) in [4.78, 5) is 0.154. The monoisotopic (exact) mass is 277 g/mol. The number of benzene rings is 2. The summed E-state index contributed by atoms with van der Waals surface area (Å²) in [6.45, 7) is 0. The van der Waals surface area contributed by atoms with Crippen LogP contribution in [0.4, 0.5) is 5.69 Å². The number of methoxy groups -OCH3 is 1. The number of sulfone groups is 1. The second-order valence-corrected chi connectivity index (χ2v) is 6.07. The van der Waals surface area contributed by atoms with Crippen LogP contribution in [0.1, 0.15) is 5.56 Å². The summed E-state index contributed by atoms with van der Waals surface area (Å²) in [7, 11) is -1.97. The van der Waals surface area contributed by atoms with Gasteiger partial charge in [0, 0.05) is 5.56 Å². The van der Waals surface area contributed by atoms with Crippen LogP contribution in [-0.4, -0.2) is 15.5 Å². The molecule has 0 aliphatic rings. The summed E-state index contributed by atoms with van der Waals surface area (Å²) in [5, 5.41) is 0. The number of nitrogens with two attached hydrogens (primary N) is 1. The highest BCUT2D eigenvalue weighted by Gasteiger charge is 2.19. The first-order valence-corrected chi connectivity index (χ1v) is 7.39. The van der Waals surface area contributed by atoms with E-state index in [1.807, 2.05) is 0 Å². The molecule has 0 bridgehead atoms. The number of hydrogen-bond acceptors (Lipinski definition) is 4. The Morgan fingerprint density at radius 1 is 1.05 bits per heavy atom. The maximum absolute atomic E-state index is 12.4. The molecule has 0 aliphatic heterocycles. The zero-order chi connectivity index (χ0) is 13.9. The third-order valence-electron chi connectivity index (χ3n) is 2.79. The van der Waals surface area contributed by atoms with Gasteiger partial charge < -0.3 is 10.5 Å². The smallest absolute Gasteiger partial charge is 0.184 e. The van der Waals surface area contributed by atoms with Crippen molar-refractivity contribution in [3.63, 3.8) is 0 Å². The molecule has 0 fully saturated rings. The van der Waals surface area contributed by atoms with E-state index in [0.717, 1.165) is 0 Å². The first kappa shape index (κ1) is 13.4. The molecular weight excluding hydrogens is 262 g/mol. The van der Waals surface area contributed by atoms with Crippen LogP contribution in [0.3, 0.4) is 0 Å². The Balaban J connectivity index is 2.40. The van der Waals surface area contributed by atoms with Crippen molar-refractivity contribution in [2.24, 2.45) is 0 Å². The number of anilines is 1. The van der Waals surface area contributed by atoms with E-state index in [9.17, 15) is 8.42 Å². The zero-order valence-corrected chi connectivity index (χ0v) is 11.4. The number of hydrogen-bond donors (Lipinski definition) is 1. The van der Waals surface area contributed by atoms with Crippen LogP contribution in [0, 0.1) is 0 Å². The second-order valence-electron chi connectivity index (χ2n) is 4.11. The summed E-state index contributed by atoms with van der Waals surface area (Å²) in [6, 6.07) is 13.5. The highest BCUT2D eigenvalue weighted by Crippen LogP contribution is 2.26. The van der Waals surface area contributed by atoms with Gasteiger partial charge in [-0.05, 0) is 18.2 Å². The Hall–Kier alpha value is -2.01. The minimum Gasteiger partial charge on any atom is -0.496 e.